The highest BCUT2D eigenvalue weighted by atomic mass is 19.1. The molecule has 3 rings (SSSR count). The maximum atomic E-state index is 13.3. The fraction of sp³-hybridized carbons (Fsp3) is 0.318. The van der Waals surface area contributed by atoms with Gasteiger partial charge in [-0.15, -0.1) is 0 Å². The molecule has 0 bridgehead atoms. The maximum Gasteiger partial charge on any atom is 0.244 e. The molecule has 0 spiro atoms. The summed E-state index contributed by atoms with van der Waals surface area (Å²) in [6.45, 7) is 0.882. The van der Waals surface area contributed by atoms with E-state index in [9.17, 15) is 14.0 Å². The number of benzene rings is 1. The molecule has 34 heavy (non-hydrogen) atoms. The minimum atomic E-state index is -0.426. The number of likely N-dealkylation sites (N-methyl/N-ethyl adjacent to an activating group) is 1. The largest absolute Gasteiger partial charge is 0.493 e. The van der Waals surface area contributed by atoms with E-state index < -0.39 is 5.82 Å². The van der Waals surface area contributed by atoms with Gasteiger partial charge in [-0.1, -0.05) is 0 Å². The minimum absolute atomic E-state index is 0.000852. The number of amides is 2. The van der Waals surface area contributed by atoms with E-state index in [1.54, 1.807) is 31.7 Å². The summed E-state index contributed by atoms with van der Waals surface area (Å²) in [5, 5.41) is 9.80. The normalized spacial score (nSPS) is 10.4. The number of nitrogens with one attached hydrogen (secondary N) is 2. The van der Waals surface area contributed by atoms with Crippen LogP contribution in [0.5, 0.6) is 11.5 Å². The van der Waals surface area contributed by atoms with Gasteiger partial charge < -0.3 is 25.0 Å². The topological polar surface area (TPSA) is 124 Å². The Labute approximate surface area is 195 Å². The Morgan fingerprint density at radius 3 is 2.76 bits per heavy atom. The van der Waals surface area contributed by atoms with Crippen LogP contribution in [0, 0.1) is 5.82 Å². The molecule has 0 aliphatic heterocycles. The van der Waals surface area contributed by atoms with Crippen molar-refractivity contribution in [1.29, 1.82) is 0 Å². The summed E-state index contributed by atoms with van der Waals surface area (Å²) < 4.78 is 25.4. The van der Waals surface area contributed by atoms with Gasteiger partial charge in [-0.2, -0.15) is 5.10 Å². The smallest absolute Gasteiger partial charge is 0.244 e. The second-order valence-electron chi connectivity index (χ2n) is 7.18. The molecule has 1 aromatic carbocycles. The molecule has 180 valence electrons. The lowest BCUT2D eigenvalue weighted by Crippen LogP contribution is -2.33. The van der Waals surface area contributed by atoms with Gasteiger partial charge in [0.25, 0.3) is 0 Å². The Hall–Kier alpha value is -4.22. The van der Waals surface area contributed by atoms with Gasteiger partial charge in [0.1, 0.15) is 19.0 Å². The first kappa shape index (κ1) is 24.4. The van der Waals surface area contributed by atoms with Gasteiger partial charge in [0, 0.05) is 44.7 Å². The molecular weight excluding hydrogens is 445 g/mol. The highest BCUT2D eigenvalue weighted by Gasteiger charge is 2.13. The van der Waals surface area contributed by atoms with Crippen LogP contribution in [0.2, 0.25) is 0 Å². The molecule has 12 heteroatoms. The third-order valence-corrected chi connectivity index (χ3v) is 4.65. The molecule has 3 aromatic rings. The second kappa shape index (κ2) is 12.1. The second-order valence-corrected chi connectivity index (χ2v) is 7.18. The number of methoxy groups -OCH3 is 1. The van der Waals surface area contributed by atoms with Crippen molar-refractivity contribution in [3.63, 3.8) is 0 Å². The SMILES string of the molecule is COc1cc(F)ccc1OCCN(C)C(=O)Cn1cc(NC(=O)CCNc2ncccn2)cn1. The lowest BCUT2D eigenvalue weighted by Gasteiger charge is -2.18. The van der Waals surface area contributed by atoms with Crippen molar-refractivity contribution in [3.05, 3.63) is 54.9 Å². The predicted octanol–water partition coefficient (Wildman–Crippen LogP) is 1.80. The quantitative estimate of drug-likeness (QED) is 0.410. The van der Waals surface area contributed by atoms with E-state index >= 15 is 0 Å². The summed E-state index contributed by atoms with van der Waals surface area (Å²) in [7, 11) is 3.07. The molecule has 0 aliphatic carbocycles. The van der Waals surface area contributed by atoms with Crippen molar-refractivity contribution in [2.24, 2.45) is 0 Å². The molecule has 0 radical (unpaired) electrons. The maximum absolute atomic E-state index is 13.3. The summed E-state index contributed by atoms with van der Waals surface area (Å²) in [6.07, 6.45) is 6.49. The molecule has 2 heterocycles. The molecule has 0 aliphatic rings. The van der Waals surface area contributed by atoms with E-state index in [1.165, 1.54) is 41.1 Å². The molecule has 0 saturated carbocycles. The highest BCUT2D eigenvalue weighted by molar-refractivity contribution is 5.90. The van der Waals surface area contributed by atoms with E-state index in [2.05, 4.69) is 25.7 Å². The first-order chi connectivity index (χ1) is 16.4. The molecule has 0 unspecified atom stereocenters. The van der Waals surface area contributed by atoms with E-state index in [4.69, 9.17) is 9.47 Å². The number of carbonyl (C=O) groups excluding carboxylic acids is 2. The van der Waals surface area contributed by atoms with Crippen LogP contribution in [0.1, 0.15) is 6.42 Å². The zero-order chi connectivity index (χ0) is 24.3. The van der Waals surface area contributed by atoms with Gasteiger partial charge in [-0.25, -0.2) is 14.4 Å². The lowest BCUT2D eigenvalue weighted by molar-refractivity contribution is -0.131. The number of aromatic nitrogens is 4. The number of anilines is 2. The monoisotopic (exact) mass is 471 g/mol. The summed E-state index contributed by atoms with van der Waals surface area (Å²) in [5.41, 5.74) is 0.489. The number of hydrogen-bond acceptors (Lipinski definition) is 8. The van der Waals surface area contributed by atoms with Crippen molar-refractivity contribution >= 4 is 23.5 Å². The van der Waals surface area contributed by atoms with Crippen LogP contribution in [-0.4, -0.2) is 70.3 Å². The van der Waals surface area contributed by atoms with Crippen molar-refractivity contribution < 1.29 is 23.5 Å². The fourth-order valence-electron chi connectivity index (χ4n) is 2.85. The van der Waals surface area contributed by atoms with Gasteiger partial charge in [0.15, 0.2) is 11.5 Å². The summed E-state index contributed by atoms with van der Waals surface area (Å²) >= 11 is 0. The highest BCUT2D eigenvalue weighted by Crippen LogP contribution is 2.27. The standard InChI is InChI=1S/C22H26FN7O4/c1-29(10-11-34-18-5-4-16(23)12-19(18)33-2)21(32)15-30-14-17(13-27-30)28-20(31)6-9-26-22-24-7-3-8-25-22/h3-5,7-8,12-14H,6,9-11,15H2,1-2H3,(H,28,31)(H,24,25,26). The van der Waals surface area contributed by atoms with Crippen LogP contribution in [0.3, 0.4) is 0 Å². The van der Waals surface area contributed by atoms with Crippen LogP contribution in [-0.2, 0) is 16.1 Å². The summed E-state index contributed by atoms with van der Waals surface area (Å²) in [4.78, 5) is 34.1. The van der Waals surface area contributed by atoms with Gasteiger partial charge in [-0.05, 0) is 18.2 Å². The minimum Gasteiger partial charge on any atom is -0.493 e. The Morgan fingerprint density at radius 1 is 1.21 bits per heavy atom. The number of hydrogen-bond donors (Lipinski definition) is 2. The zero-order valence-electron chi connectivity index (χ0n) is 18.9. The number of nitrogens with zero attached hydrogens (tertiary/aromatic N) is 5. The molecule has 2 N–H and O–H groups in total. The van der Waals surface area contributed by atoms with Gasteiger partial charge in [0.2, 0.25) is 17.8 Å². The Morgan fingerprint density at radius 2 is 2.00 bits per heavy atom. The molecule has 0 atom stereocenters. The molecule has 2 aromatic heterocycles. The average Bonchev–Trinajstić information content (AvgIpc) is 3.26. The van der Waals surface area contributed by atoms with Crippen LogP contribution in [0.25, 0.3) is 0 Å². The van der Waals surface area contributed by atoms with Crippen molar-refractivity contribution in [3.8, 4) is 11.5 Å². The summed E-state index contributed by atoms with van der Waals surface area (Å²) in [6, 6.07) is 5.68. The molecule has 0 saturated heterocycles. The summed E-state index contributed by atoms with van der Waals surface area (Å²) in [5.74, 6) is 0.299. The lowest BCUT2D eigenvalue weighted by atomic mass is 10.3. The van der Waals surface area contributed by atoms with Gasteiger partial charge >= 0.3 is 0 Å². The predicted molar refractivity (Wildman–Crippen MR) is 122 cm³/mol. The van der Waals surface area contributed by atoms with E-state index in [0.717, 1.165) is 0 Å². The van der Waals surface area contributed by atoms with Crippen molar-refractivity contribution in [2.45, 2.75) is 13.0 Å². The van der Waals surface area contributed by atoms with Gasteiger partial charge in [0.05, 0.1) is 25.5 Å². The van der Waals surface area contributed by atoms with Crippen LogP contribution < -0.4 is 20.1 Å². The molecule has 2 amide bonds. The Kier molecular flexibility index (Phi) is 8.72. The van der Waals surface area contributed by atoms with E-state index in [-0.39, 0.29) is 37.1 Å². The number of halogens is 1. The molecule has 0 fully saturated rings. The van der Waals surface area contributed by atoms with Crippen molar-refractivity contribution in [2.75, 3.05) is 44.5 Å². The van der Waals surface area contributed by atoms with E-state index in [0.29, 0.717) is 30.5 Å². The van der Waals surface area contributed by atoms with Crippen molar-refractivity contribution in [1.82, 2.24) is 24.6 Å². The number of rotatable bonds is 12. The Bertz CT molecular complexity index is 1090. The molecular formula is C22H26FN7O4. The average molecular weight is 471 g/mol. The third kappa shape index (κ3) is 7.43. The zero-order valence-corrected chi connectivity index (χ0v) is 18.9. The van der Waals surface area contributed by atoms with Crippen LogP contribution >= 0.6 is 0 Å². The fourth-order valence-corrected chi connectivity index (χ4v) is 2.85. The number of carbonyl (C=O) groups is 2. The van der Waals surface area contributed by atoms with Crippen LogP contribution in [0.4, 0.5) is 16.0 Å². The van der Waals surface area contributed by atoms with E-state index in [1.807, 2.05) is 0 Å². The third-order valence-electron chi connectivity index (χ3n) is 4.65. The van der Waals surface area contributed by atoms with Gasteiger partial charge in [-0.3, -0.25) is 14.3 Å². The number of ether oxygens (including phenoxy) is 2. The first-order valence-electron chi connectivity index (χ1n) is 10.5. The van der Waals surface area contributed by atoms with Crippen LogP contribution in [0.15, 0.2) is 49.1 Å². The Balaban J connectivity index is 1.38. The molecule has 11 nitrogen and oxygen atoms in total. The first-order valence-corrected chi connectivity index (χ1v) is 10.5.